The molecule has 0 radical (unpaired) electrons. The van der Waals surface area contributed by atoms with Crippen molar-refractivity contribution < 1.29 is 14.7 Å². The molecule has 7 nitrogen and oxygen atoms in total. The van der Waals surface area contributed by atoms with Gasteiger partial charge in [0.05, 0.1) is 5.41 Å². The van der Waals surface area contributed by atoms with E-state index in [2.05, 4.69) is 58.1 Å². The Morgan fingerprint density at radius 1 is 0.886 bits per heavy atom. The van der Waals surface area contributed by atoms with Crippen LogP contribution < -0.4 is 0 Å². The lowest BCUT2D eigenvalue weighted by Gasteiger charge is -2.73. The number of rotatable bonds is 3. The smallest absolute Gasteiger partial charge is 0.417 e. The topological polar surface area (TPSA) is 90.0 Å². The van der Waals surface area contributed by atoms with Crippen LogP contribution in [0.4, 0.5) is 4.79 Å². The van der Waals surface area contributed by atoms with Crippen molar-refractivity contribution in [3.05, 3.63) is 49.1 Å². The average Bonchev–Trinajstić information content (AvgIpc) is 3.73. The highest BCUT2D eigenvalue weighted by atomic mass is 16.4. The maximum Gasteiger partial charge on any atom is 0.417 e. The number of hydrogen-bond acceptors (Lipinski definition) is 4. The zero-order valence-electron chi connectivity index (χ0n) is 27.7. The van der Waals surface area contributed by atoms with Crippen molar-refractivity contribution in [3.8, 4) is 0 Å². The van der Waals surface area contributed by atoms with Crippen molar-refractivity contribution in [1.82, 2.24) is 19.1 Å². The quantitative estimate of drug-likeness (QED) is 0.356. The molecule has 0 saturated heterocycles. The first-order valence-electron chi connectivity index (χ1n) is 17.2. The van der Waals surface area contributed by atoms with E-state index in [1.165, 1.54) is 29.4 Å². The molecule has 2 aromatic heterocycles. The number of nitrogens with zero attached hydrogens (tertiary/aromatic N) is 4. The summed E-state index contributed by atoms with van der Waals surface area (Å²) in [6.07, 6.45) is 18.5. The van der Waals surface area contributed by atoms with Gasteiger partial charge in [0.2, 0.25) is 5.91 Å². The molecule has 5 saturated carbocycles. The highest BCUT2D eigenvalue weighted by Crippen LogP contribution is 2.78. The lowest BCUT2D eigenvalue weighted by Crippen LogP contribution is -2.66. The Balaban J connectivity index is 1.24. The first-order chi connectivity index (χ1) is 20.7. The van der Waals surface area contributed by atoms with Gasteiger partial charge in [-0.05, 0) is 122 Å². The fraction of sp³-hybridized carbons (Fsp3) is 0.730. The van der Waals surface area contributed by atoms with Gasteiger partial charge in [-0.15, -0.1) is 0 Å². The third-order valence-electron chi connectivity index (χ3n) is 15.5. The van der Waals surface area contributed by atoms with Crippen LogP contribution in [-0.4, -0.2) is 36.2 Å². The molecule has 0 aliphatic heterocycles. The second kappa shape index (κ2) is 9.65. The Kier molecular flexibility index (Phi) is 6.58. The number of carbonyl (C=O) groups excluding carboxylic acids is 1. The highest BCUT2D eigenvalue weighted by molar-refractivity contribution is 5.86. The van der Waals surface area contributed by atoms with Crippen LogP contribution in [0.15, 0.2) is 43.3 Å². The summed E-state index contributed by atoms with van der Waals surface area (Å²) in [6, 6.07) is 0. The first kappa shape index (κ1) is 30.0. The average molecular weight is 601 g/mol. The SMILES string of the molecule is C=C(C)[C@@H]1CC[C@]2(C(=O)n3ccnc3)CC[C@]3(C)[C@H](CC[C@@H]4[C@@]5(C)CC[C@H](c6nccn6C(=O)O)C(C)(C)[C@@H]5CC[C@]43C)[C@@H]12. The number of hydrogen-bond donors (Lipinski definition) is 1. The van der Waals surface area contributed by atoms with Crippen LogP contribution in [-0.2, 0) is 0 Å². The largest absolute Gasteiger partial charge is 0.464 e. The van der Waals surface area contributed by atoms with E-state index in [0.717, 1.165) is 44.9 Å². The third kappa shape index (κ3) is 3.67. The first-order valence-corrected chi connectivity index (χ1v) is 17.2. The molecule has 0 aromatic carbocycles. The molecule has 5 fully saturated rings. The number of carboxylic acid groups (broad SMARTS) is 1. The summed E-state index contributed by atoms with van der Waals surface area (Å²) in [6.45, 7) is 19.3. The lowest BCUT2D eigenvalue weighted by molar-refractivity contribution is -0.235. The van der Waals surface area contributed by atoms with Gasteiger partial charge in [-0.3, -0.25) is 9.36 Å². The Morgan fingerprint density at radius 2 is 1.66 bits per heavy atom. The van der Waals surface area contributed by atoms with Crippen molar-refractivity contribution >= 4 is 12.0 Å². The molecule has 44 heavy (non-hydrogen) atoms. The van der Waals surface area contributed by atoms with Crippen molar-refractivity contribution in [2.24, 2.45) is 56.7 Å². The molecule has 2 heterocycles. The van der Waals surface area contributed by atoms with E-state index in [-0.39, 0.29) is 38.9 Å². The molecule has 0 unspecified atom stereocenters. The summed E-state index contributed by atoms with van der Waals surface area (Å²) in [5, 5.41) is 9.88. The van der Waals surface area contributed by atoms with Crippen molar-refractivity contribution in [2.45, 2.75) is 112 Å². The van der Waals surface area contributed by atoms with Gasteiger partial charge in [0.25, 0.3) is 0 Å². The lowest BCUT2D eigenvalue weighted by atomic mass is 9.32. The molecular weight excluding hydrogens is 548 g/mol. The summed E-state index contributed by atoms with van der Waals surface area (Å²) in [5.74, 6) is 3.44. The van der Waals surface area contributed by atoms with Gasteiger partial charge in [0.15, 0.2) is 0 Å². The molecule has 5 aliphatic carbocycles. The van der Waals surface area contributed by atoms with Gasteiger partial charge in [-0.1, -0.05) is 46.8 Å². The van der Waals surface area contributed by atoms with Gasteiger partial charge in [-0.2, -0.15) is 0 Å². The van der Waals surface area contributed by atoms with Crippen molar-refractivity contribution in [1.29, 1.82) is 0 Å². The summed E-state index contributed by atoms with van der Waals surface area (Å²) in [4.78, 5) is 35.2. The summed E-state index contributed by atoms with van der Waals surface area (Å²) >= 11 is 0. The predicted molar refractivity (Wildman–Crippen MR) is 170 cm³/mol. The van der Waals surface area contributed by atoms with E-state index in [0.29, 0.717) is 35.4 Å². The monoisotopic (exact) mass is 600 g/mol. The maximum absolute atomic E-state index is 14.3. The van der Waals surface area contributed by atoms with Gasteiger partial charge in [0.1, 0.15) is 12.2 Å². The third-order valence-corrected chi connectivity index (χ3v) is 15.5. The van der Waals surface area contributed by atoms with Crippen LogP contribution >= 0.6 is 0 Å². The zero-order chi connectivity index (χ0) is 31.4. The summed E-state index contributed by atoms with van der Waals surface area (Å²) in [5.41, 5.74) is 1.40. The minimum Gasteiger partial charge on any atom is -0.464 e. The predicted octanol–water partition coefficient (Wildman–Crippen LogP) is 8.69. The maximum atomic E-state index is 14.3. The van der Waals surface area contributed by atoms with E-state index in [4.69, 9.17) is 0 Å². The Bertz CT molecular complexity index is 1490. The molecule has 7 heteroatoms. The molecule has 10 atom stereocenters. The minimum absolute atomic E-state index is 0.0555. The van der Waals surface area contributed by atoms with Gasteiger partial charge >= 0.3 is 6.09 Å². The molecule has 1 N–H and O–H groups in total. The van der Waals surface area contributed by atoms with Crippen molar-refractivity contribution in [2.75, 3.05) is 0 Å². The number of allylic oxidation sites excluding steroid dienone is 1. The molecule has 7 rings (SSSR count). The van der Waals surface area contributed by atoms with E-state index >= 15 is 0 Å². The normalized spacial score (nSPS) is 44.1. The van der Waals surface area contributed by atoms with Gasteiger partial charge in [-0.25, -0.2) is 19.3 Å². The molecule has 238 valence electrons. The summed E-state index contributed by atoms with van der Waals surface area (Å²) in [7, 11) is 0. The Morgan fingerprint density at radius 3 is 2.34 bits per heavy atom. The van der Waals surface area contributed by atoms with Crippen LogP contribution in [0.25, 0.3) is 0 Å². The van der Waals surface area contributed by atoms with Crippen LogP contribution in [0.1, 0.15) is 122 Å². The molecule has 5 aliphatic rings. The minimum atomic E-state index is -0.941. The van der Waals surface area contributed by atoms with Crippen LogP contribution in [0, 0.1) is 56.7 Å². The zero-order valence-corrected chi connectivity index (χ0v) is 27.7. The fourth-order valence-electron chi connectivity index (χ4n) is 13.4. The van der Waals surface area contributed by atoms with E-state index in [1.807, 2.05) is 6.20 Å². The molecular formula is C37H52N4O3. The van der Waals surface area contributed by atoms with Crippen LogP contribution in [0.2, 0.25) is 0 Å². The molecule has 0 amide bonds. The Labute approximate surface area is 262 Å². The van der Waals surface area contributed by atoms with Crippen LogP contribution in [0.5, 0.6) is 0 Å². The van der Waals surface area contributed by atoms with E-state index < -0.39 is 6.09 Å². The highest BCUT2D eigenvalue weighted by Gasteiger charge is 2.72. The number of aromatic nitrogens is 4. The summed E-state index contributed by atoms with van der Waals surface area (Å²) < 4.78 is 3.12. The molecule has 0 bridgehead atoms. The second-order valence-electron chi connectivity index (χ2n) is 17.0. The van der Waals surface area contributed by atoms with Crippen LogP contribution in [0.3, 0.4) is 0 Å². The van der Waals surface area contributed by atoms with Gasteiger partial charge in [0, 0.05) is 30.7 Å². The second-order valence-corrected chi connectivity index (χ2v) is 17.0. The number of fused-ring (bicyclic) bond motifs is 7. The molecule has 2 aromatic rings. The number of imidazole rings is 2. The van der Waals surface area contributed by atoms with Gasteiger partial charge < -0.3 is 5.11 Å². The van der Waals surface area contributed by atoms with E-state index in [1.54, 1.807) is 29.5 Å². The molecule has 0 spiro atoms. The Hall–Kier alpha value is -2.70. The van der Waals surface area contributed by atoms with Crippen molar-refractivity contribution in [3.63, 3.8) is 0 Å². The fourth-order valence-corrected chi connectivity index (χ4v) is 13.4. The number of carbonyl (C=O) groups is 2. The van der Waals surface area contributed by atoms with E-state index in [9.17, 15) is 14.7 Å². The standard InChI is InChI=1S/C37H52N4O3/c1-23(2)24-10-15-37(31(42)40-20-18-38-22-40)17-16-35(6)25(29(24)37)8-9-28-34(5)13-11-26(30-39-19-21-41(30)32(43)44)33(3,4)27(34)12-14-36(28,35)7/h18-22,24-29H,1,8-17H2,2-7H3,(H,43,44)/t24-,25+,26+,27-,28+,29+,34-,35+,36+,37-/m0/s1.